The van der Waals surface area contributed by atoms with Gasteiger partial charge >= 0.3 is 5.97 Å². The van der Waals surface area contributed by atoms with Crippen LogP contribution < -0.4 is 0 Å². The minimum absolute atomic E-state index is 0.0774. The average molecular weight is 308 g/mol. The Morgan fingerprint density at radius 3 is 3.00 bits per heavy atom. The first-order valence-corrected chi connectivity index (χ1v) is 8.22. The lowest BCUT2D eigenvalue weighted by Gasteiger charge is -2.35. The van der Waals surface area contributed by atoms with Crippen molar-refractivity contribution in [3.8, 4) is 0 Å². The van der Waals surface area contributed by atoms with Gasteiger partial charge in [0.2, 0.25) is 5.91 Å². The maximum Gasteiger partial charge on any atom is 0.338 e. The van der Waals surface area contributed by atoms with Crippen LogP contribution in [-0.2, 0) is 4.79 Å². The van der Waals surface area contributed by atoms with Gasteiger partial charge in [0.15, 0.2) is 0 Å². The van der Waals surface area contributed by atoms with Crippen molar-refractivity contribution >= 4 is 23.6 Å². The molecule has 1 fully saturated rings. The second-order valence-corrected chi connectivity index (χ2v) is 6.06. The van der Waals surface area contributed by atoms with Gasteiger partial charge in [0.1, 0.15) is 5.03 Å². The molecule has 6 heteroatoms. The smallest absolute Gasteiger partial charge is 0.338 e. The highest BCUT2D eigenvalue weighted by Crippen LogP contribution is 2.24. The number of carboxylic acids is 1. The van der Waals surface area contributed by atoms with Crippen LogP contribution in [0.2, 0.25) is 0 Å². The number of aromatic nitrogens is 1. The van der Waals surface area contributed by atoms with Gasteiger partial charge in [-0.3, -0.25) is 4.79 Å². The number of carbonyl (C=O) groups is 2. The summed E-state index contributed by atoms with van der Waals surface area (Å²) in [6.07, 6.45) is 5.82. The van der Waals surface area contributed by atoms with E-state index in [1.54, 1.807) is 12.3 Å². The van der Waals surface area contributed by atoms with Gasteiger partial charge < -0.3 is 10.0 Å². The zero-order valence-corrected chi connectivity index (χ0v) is 12.9. The van der Waals surface area contributed by atoms with E-state index >= 15 is 0 Å². The van der Waals surface area contributed by atoms with Gasteiger partial charge in [-0.1, -0.05) is 18.7 Å². The largest absolute Gasteiger partial charge is 0.478 e. The molecular weight excluding hydrogens is 288 g/mol. The summed E-state index contributed by atoms with van der Waals surface area (Å²) in [5, 5.41) is 9.52. The molecule has 21 heavy (non-hydrogen) atoms. The fraction of sp³-hybridized carbons (Fsp3) is 0.533. The highest BCUT2D eigenvalue weighted by atomic mass is 32.2. The van der Waals surface area contributed by atoms with Crippen LogP contribution in [0.3, 0.4) is 0 Å². The molecule has 0 aliphatic carbocycles. The molecule has 1 aliphatic heterocycles. The molecule has 5 nitrogen and oxygen atoms in total. The van der Waals surface area contributed by atoms with E-state index in [0.717, 1.165) is 25.8 Å². The van der Waals surface area contributed by atoms with Gasteiger partial charge in [0.25, 0.3) is 0 Å². The summed E-state index contributed by atoms with van der Waals surface area (Å²) < 4.78 is 0. The molecule has 1 aliphatic rings. The van der Waals surface area contributed by atoms with Crippen molar-refractivity contribution in [2.75, 3.05) is 12.3 Å². The van der Waals surface area contributed by atoms with Gasteiger partial charge in [0, 0.05) is 18.8 Å². The number of likely N-dealkylation sites (tertiary alicyclic amines) is 1. The number of hydrogen-bond donors (Lipinski definition) is 1. The fourth-order valence-electron chi connectivity index (χ4n) is 2.63. The molecule has 1 amide bonds. The molecular formula is C15H20N2O3S. The Labute approximate surface area is 128 Å². The lowest BCUT2D eigenvalue weighted by atomic mass is 10.0. The van der Waals surface area contributed by atoms with Gasteiger partial charge in [-0.05, 0) is 37.8 Å². The topological polar surface area (TPSA) is 70.5 Å². The highest BCUT2D eigenvalue weighted by Gasteiger charge is 2.25. The third-order valence-electron chi connectivity index (χ3n) is 3.75. The number of carboxylic acid groups (broad SMARTS) is 1. The van der Waals surface area contributed by atoms with Gasteiger partial charge in [-0.2, -0.15) is 0 Å². The Bertz CT molecular complexity index is 521. The quantitative estimate of drug-likeness (QED) is 0.847. The summed E-state index contributed by atoms with van der Waals surface area (Å²) in [4.78, 5) is 29.5. The molecule has 0 radical (unpaired) electrons. The lowest BCUT2D eigenvalue weighted by molar-refractivity contribution is -0.132. The molecule has 2 heterocycles. The summed E-state index contributed by atoms with van der Waals surface area (Å²) in [6.45, 7) is 2.91. The molecule has 1 N–H and O–H groups in total. The zero-order chi connectivity index (χ0) is 15.2. The first-order valence-electron chi connectivity index (χ1n) is 7.24. The van der Waals surface area contributed by atoms with Crippen LogP contribution in [0.15, 0.2) is 23.4 Å². The maximum atomic E-state index is 12.4. The van der Waals surface area contributed by atoms with E-state index in [-0.39, 0.29) is 17.2 Å². The monoisotopic (exact) mass is 308 g/mol. The summed E-state index contributed by atoms with van der Waals surface area (Å²) in [7, 11) is 0. The zero-order valence-electron chi connectivity index (χ0n) is 12.1. The minimum Gasteiger partial charge on any atom is -0.478 e. The van der Waals surface area contributed by atoms with Crippen molar-refractivity contribution in [2.24, 2.45) is 0 Å². The predicted octanol–water partition coefficient (Wildman–Crippen LogP) is 2.66. The summed E-state index contributed by atoms with van der Waals surface area (Å²) >= 11 is 1.21. The second kappa shape index (κ2) is 7.45. The number of pyridine rings is 1. The number of rotatable bonds is 5. The van der Waals surface area contributed by atoms with Crippen molar-refractivity contribution in [1.29, 1.82) is 0 Å². The Morgan fingerprint density at radius 1 is 1.48 bits per heavy atom. The van der Waals surface area contributed by atoms with Crippen molar-refractivity contribution in [2.45, 2.75) is 43.7 Å². The molecule has 0 spiro atoms. The number of aromatic carboxylic acids is 1. The summed E-state index contributed by atoms with van der Waals surface area (Å²) in [5.41, 5.74) is 0.154. The molecule has 2 rings (SSSR count). The number of piperidine rings is 1. The SMILES string of the molecule is CC[C@H]1CCCCN1C(=O)CSc1ncccc1C(=O)O. The van der Waals surface area contributed by atoms with Gasteiger partial charge in [-0.25, -0.2) is 9.78 Å². The Balaban J connectivity index is 1.99. The van der Waals surface area contributed by atoms with Crippen molar-refractivity contribution < 1.29 is 14.7 Å². The molecule has 1 aromatic heterocycles. The number of hydrogen-bond acceptors (Lipinski definition) is 4. The van der Waals surface area contributed by atoms with Crippen LogP contribution >= 0.6 is 11.8 Å². The van der Waals surface area contributed by atoms with Gasteiger partial charge in [0.05, 0.1) is 11.3 Å². The highest BCUT2D eigenvalue weighted by molar-refractivity contribution is 8.00. The number of nitrogens with zero attached hydrogens (tertiary/aromatic N) is 2. The number of thioether (sulfide) groups is 1. The van der Waals surface area contributed by atoms with Crippen molar-refractivity contribution in [3.05, 3.63) is 23.9 Å². The predicted molar refractivity (Wildman–Crippen MR) is 81.6 cm³/mol. The average Bonchev–Trinajstić information content (AvgIpc) is 2.52. The molecule has 114 valence electrons. The maximum absolute atomic E-state index is 12.4. The standard InChI is InChI=1S/C15H20N2O3S/c1-2-11-6-3-4-9-17(11)13(18)10-21-14-12(15(19)20)7-5-8-16-14/h5,7-8,11H,2-4,6,9-10H2,1H3,(H,19,20)/t11-/m0/s1. The second-order valence-electron chi connectivity index (χ2n) is 5.09. The molecule has 1 atom stereocenters. The van der Waals surface area contributed by atoms with Crippen molar-refractivity contribution in [3.63, 3.8) is 0 Å². The summed E-state index contributed by atoms with van der Waals surface area (Å²) in [5.74, 6) is -0.690. The van der Waals surface area contributed by atoms with Crippen LogP contribution in [0, 0.1) is 0 Å². The Hall–Kier alpha value is -1.56. The molecule has 0 aromatic carbocycles. The Morgan fingerprint density at radius 2 is 2.29 bits per heavy atom. The van der Waals surface area contributed by atoms with E-state index in [4.69, 9.17) is 5.11 Å². The third kappa shape index (κ3) is 3.97. The fourth-order valence-corrected chi connectivity index (χ4v) is 3.51. The first-order chi connectivity index (χ1) is 10.1. The number of amides is 1. The summed E-state index contributed by atoms with van der Waals surface area (Å²) in [6, 6.07) is 3.43. The van der Waals surface area contributed by atoms with Crippen LogP contribution in [0.25, 0.3) is 0 Å². The van der Waals surface area contributed by atoms with Crippen molar-refractivity contribution in [1.82, 2.24) is 9.88 Å². The van der Waals surface area contributed by atoms with E-state index < -0.39 is 5.97 Å². The van der Waals surface area contributed by atoms with E-state index in [0.29, 0.717) is 11.1 Å². The third-order valence-corrected chi connectivity index (χ3v) is 4.74. The van der Waals surface area contributed by atoms with E-state index in [1.165, 1.54) is 24.2 Å². The lowest BCUT2D eigenvalue weighted by Crippen LogP contribution is -2.44. The normalized spacial score (nSPS) is 18.5. The van der Waals surface area contributed by atoms with Gasteiger partial charge in [-0.15, -0.1) is 0 Å². The van der Waals surface area contributed by atoms with Crippen LogP contribution in [-0.4, -0.2) is 45.2 Å². The van der Waals surface area contributed by atoms with E-state index in [2.05, 4.69) is 11.9 Å². The number of carbonyl (C=O) groups excluding carboxylic acids is 1. The Kier molecular flexibility index (Phi) is 5.61. The molecule has 1 aromatic rings. The van der Waals surface area contributed by atoms with Crippen LogP contribution in [0.1, 0.15) is 43.0 Å². The van der Waals surface area contributed by atoms with E-state index in [9.17, 15) is 9.59 Å². The van der Waals surface area contributed by atoms with E-state index in [1.807, 2.05) is 4.90 Å². The van der Waals surface area contributed by atoms with Crippen LogP contribution in [0.4, 0.5) is 0 Å². The molecule has 0 bridgehead atoms. The molecule has 0 unspecified atom stereocenters. The first kappa shape index (κ1) is 15.8. The van der Waals surface area contributed by atoms with Crippen LogP contribution in [0.5, 0.6) is 0 Å². The molecule has 0 saturated carbocycles. The molecule has 1 saturated heterocycles. The minimum atomic E-state index is -1.01.